The van der Waals surface area contributed by atoms with Crippen molar-refractivity contribution in [2.75, 3.05) is 0 Å². The summed E-state index contributed by atoms with van der Waals surface area (Å²) >= 11 is 0. The van der Waals surface area contributed by atoms with Crippen molar-refractivity contribution in [1.82, 2.24) is 0 Å². The zero-order valence-corrected chi connectivity index (χ0v) is 16.0. The summed E-state index contributed by atoms with van der Waals surface area (Å²) in [6.07, 6.45) is 28.2. The van der Waals surface area contributed by atoms with Gasteiger partial charge in [-0.15, -0.1) is 0 Å². The van der Waals surface area contributed by atoms with Crippen LogP contribution in [0.25, 0.3) is 0 Å². The van der Waals surface area contributed by atoms with Crippen LogP contribution in [0.2, 0.25) is 0 Å². The summed E-state index contributed by atoms with van der Waals surface area (Å²) < 4.78 is 0. The summed E-state index contributed by atoms with van der Waals surface area (Å²) in [6, 6.07) is 0. The average Bonchev–Trinajstić information content (AvgIpc) is 2.56. The third kappa shape index (κ3) is 20.9. The Labute approximate surface area is 150 Å². The Morgan fingerprint density at radius 2 is 1.08 bits per heavy atom. The fourth-order valence-corrected chi connectivity index (χ4v) is 2.81. The highest BCUT2D eigenvalue weighted by Gasteiger charge is 1.96. The normalized spacial score (nSPS) is 11.7. The van der Waals surface area contributed by atoms with E-state index in [0.29, 0.717) is 6.42 Å². The minimum absolute atomic E-state index is 0.336. The van der Waals surface area contributed by atoms with Crippen LogP contribution in [0.3, 0.4) is 0 Å². The minimum atomic E-state index is -0.659. The van der Waals surface area contributed by atoms with Gasteiger partial charge < -0.3 is 5.11 Å². The smallest absolute Gasteiger partial charge is 0.303 e. The van der Waals surface area contributed by atoms with Crippen molar-refractivity contribution in [3.8, 4) is 0 Å². The Morgan fingerprint density at radius 3 is 1.54 bits per heavy atom. The van der Waals surface area contributed by atoms with Gasteiger partial charge >= 0.3 is 5.97 Å². The van der Waals surface area contributed by atoms with Crippen molar-refractivity contribution in [3.63, 3.8) is 0 Å². The number of aliphatic carboxylic acids is 1. The molecule has 0 aromatic carbocycles. The summed E-state index contributed by atoms with van der Waals surface area (Å²) in [6.45, 7) is 2.24. The molecule has 0 heterocycles. The Morgan fingerprint density at radius 1 is 0.667 bits per heavy atom. The summed E-state index contributed by atoms with van der Waals surface area (Å²) in [4.78, 5) is 10.4. The number of carboxylic acids is 1. The quantitative estimate of drug-likeness (QED) is 0.208. The van der Waals surface area contributed by atoms with E-state index in [1.165, 1.54) is 83.5 Å². The Balaban J connectivity index is 3.13. The van der Waals surface area contributed by atoms with E-state index >= 15 is 0 Å². The number of carboxylic acid groups (broad SMARTS) is 1. The molecule has 2 heteroatoms. The molecule has 2 nitrogen and oxygen atoms in total. The molecule has 0 fully saturated rings. The second kappa shape index (κ2) is 20.0. The van der Waals surface area contributed by atoms with E-state index in [9.17, 15) is 4.79 Å². The van der Waals surface area contributed by atoms with Crippen molar-refractivity contribution in [2.24, 2.45) is 0 Å². The number of hydrogen-bond donors (Lipinski definition) is 1. The van der Waals surface area contributed by atoms with Gasteiger partial charge in [-0.25, -0.2) is 0 Å². The zero-order chi connectivity index (χ0) is 17.7. The van der Waals surface area contributed by atoms with Crippen LogP contribution in [-0.4, -0.2) is 11.1 Å². The van der Waals surface area contributed by atoms with E-state index in [-0.39, 0.29) is 0 Å². The molecule has 24 heavy (non-hydrogen) atoms. The van der Waals surface area contributed by atoms with Crippen LogP contribution in [0.5, 0.6) is 0 Å². The van der Waals surface area contributed by atoms with Gasteiger partial charge in [0.15, 0.2) is 0 Å². The highest BCUT2D eigenvalue weighted by molar-refractivity contribution is 5.66. The number of carbonyl (C=O) groups is 1. The molecule has 0 unspecified atom stereocenters. The lowest BCUT2D eigenvalue weighted by atomic mass is 10.1. The lowest BCUT2D eigenvalue weighted by molar-refractivity contribution is -0.137. The Hall–Kier alpha value is -1.05. The van der Waals surface area contributed by atoms with Crippen LogP contribution in [-0.2, 0) is 4.79 Å². The number of allylic oxidation sites excluding steroid dienone is 4. The molecule has 140 valence electrons. The molecule has 0 aromatic heterocycles. The second-order valence-corrected chi connectivity index (χ2v) is 6.82. The minimum Gasteiger partial charge on any atom is -0.481 e. The molecule has 0 amide bonds. The van der Waals surface area contributed by atoms with E-state index in [1.54, 1.807) is 0 Å². The maximum absolute atomic E-state index is 10.4. The number of hydrogen-bond acceptors (Lipinski definition) is 1. The molecule has 0 rings (SSSR count). The van der Waals surface area contributed by atoms with Crippen LogP contribution < -0.4 is 0 Å². The van der Waals surface area contributed by atoms with Gasteiger partial charge in [0.2, 0.25) is 0 Å². The molecule has 1 N–H and O–H groups in total. The third-order valence-electron chi connectivity index (χ3n) is 4.37. The summed E-state index contributed by atoms with van der Waals surface area (Å²) in [5.41, 5.74) is 0. The van der Waals surface area contributed by atoms with Crippen molar-refractivity contribution in [3.05, 3.63) is 24.3 Å². The lowest BCUT2D eigenvalue weighted by Gasteiger charge is -2.01. The van der Waals surface area contributed by atoms with Crippen molar-refractivity contribution < 1.29 is 9.90 Å². The summed E-state index contributed by atoms with van der Waals surface area (Å²) in [5.74, 6) is -0.659. The highest BCUT2D eigenvalue weighted by Crippen LogP contribution is 2.12. The van der Waals surface area contributed by atoms with E-state index in [4.69, 9.17) is 5.11 Å². The molecule has 0 saturated heterocycles. The van der Waals surface area contributed by atoms with Gasteiger partial charge in [0, 0.05) is 6.42 Å². The molecular weight excluding hydrogens is 296 g/mol. The van der Waals surface area contributed by atoms with E-state index in [2.05, 4.69) is 31.2 Å². The number of unbranched alkanes of at least 4 members (excludes halogenated alkanes) is 13. The lowest BCUT2D eigenvalue weighted by Crippen LogP contribution is -1.93. The first kappa shape index (κ1) is 22.9. The van der Waals surface area contributed by atoms with Gasteiger partial charge in [-0.3, -0.25) is 4.79 Å². The van der Waals surface area contributed by atoms with Gasteiger partial charge in [-0.1, -0.05) is 95.4 Å². The molecule has 0 bridgehead atoms. The monoisotopic (exact) mass is 336 g/mol. The summed E-state index contributed by atoms with van der Waals surface area (Å²) in [7, 11) is 0. The first-order valence-corrected chi connectivity index (χ1v) is 10.3. The largest absolute Gasteiger partial charge is 0.481 e. The van der Waals surface area contributed by atoms with Crippen LogP contribution in [0, 0.1) is 0 Å². The van der Waals surface area contributed by atoms with Crippen LogP contribution in [0.1, 0.15) is 110 Å². The van der Waals surface area contributed by atoms with Gasteiger partial charge in [-0.2, -0.15) is 0 Å². The highest BCUT2D eigenvalue weighted by atomic mass is 16.4. The maximum atomic E-state index is 10.4. The molecule has 0 aromatic rings. The second-order valence-electron chi connectivity index (χ2n) is 6.82. The van der Waals surface area contributed by atoms with Crippen LogP contribution in [0.4, 0.5) is 0 Å². The van der Waals surface area contributed by atoms with Crippen LogP contribution >= 0.6 is 0 Å². The average molecular weight is 337 g/mol. The summed E-state index contributed by atoms with van der Waals surface area (Å²) in [5, 5.41) is 8.55. The predicted octanol–water partition coefficient (Wildman–Crippen LogP) is 7.44. The van der Waals surface area contributed by atoms with Crippen molar-refractivity contribution >= 4 is 5.97 Å². The molecule has 0 radical (unpaired) electrons. The molecule has 0 aliphatic rings. The number of rotatable bonds is 18. The van der Waals surface area contributed by atoms with Crippen molar-refractivity contribution in [1.29, 1.82) is 0 Å². The molecule has 0 aliphatic carbocycles. The standard InChI is InChI=1S/C22H40O2/c1-2-3-4-5-6-7-8-9-10-11-12-13-14-15-16-17-18-19-20-21-22(23)24/h6-9H,2-5,10-21H2,1H3,(H,23,24)/b7-6+,9-8+. The van der Waals surface area contributed by atoms with Gasteiger partial charge in [0.05, 0.1) is 0 Å². The van der Waals surface area contributed by atoms with Crippen molar-refractivity contribution in [2.45, 2.75) is 110 Å². The predicted molar refractivity (Wildman–Crippen MR) is 105 cm³/mol. The van der Waals surface area contributed by atoms with Gasteiger partial charge in [0.25, 0.3) is 0 Å². The topological polar surface area (TPSA) is 37.3 Å². The maximum Gasteiger partial charge on any atom is 0.303 e. The fraction of sp³-hybridized carbons (Fsp3) is 0.773. The first-order valence-electron chi connectivity index (χ1n) is 10.3. The Kier molecular flexibility index (Phi) is 19.1. The van der Waals surface area contributed by atoms with E-state index in [1.807, 2.05) is 0 Å². The SMILES string of the molecule is CCCCC/C=C/C=C/CCCCCCCCCCCCC(=O)O. The van der Waals surface area contributed by atoms with Gasteiger partial charge in [0.1, 0.15) is 0 Å². The Bertz CT molecular complexity index is 318. The third-order valence-corrected chi connectivity index (χ3v) is 4.37. The van der Waals surface area contributed by atoms with Gasteiger partial charge in [-0.05, 0) is 32.1 Å². The molecule has 0 aliphatic heterocycles. The molecule has 0 atom stereocenters. The zero-order valence-electron chi connectivity index (χ0n) is 16.0. The molecular formula is C22H40O2. The van der Waals surface area contributed by atoms with E-state index < -0.39 is 5.97 Å². The van der Waals surface area contributed by atoms with Crippen LogP contribution in [0.15, 0.2) is 24.3 Å². The molecule has 0 spiro atoms. The molecule has 0 saturated carbocycles. The van der Waals surface area contributed by atoms with E-state index in [0.717, 1.165) is 12.8 Å². The fourth-order valence-electron chi connectivity index (χ4n) is 2.81. The first-order chi connectivity index (χ1) is 11.8.